The molecular formula is C20H30ClNO3. The molecule has 0 amide bonds. The summed E-state index contributed by atoms with van der Waals surface area (Å²) in [6.45, 7) is 5.53. The van der Waals surface area contributed by atoms with Gasteiger partial charge >= 0.3 is 0 Å². The van der Waals surface area contributed by atoms with E-state index in [9.17, 15) is 5.11 Å². The molecule has 1 N–H and O–H groups in total. The Bertz CT molecular complexity index is 595. The highest BCUT2D eigenvalue weighted by molar-refractivity contribution is 6.31. The summed E-state index contributed by atoms with van der Waals surface area (Å²) < 4.78 is 11.2. The summed E-state index contributed by atoms with van der Waals surface area (Å²) in [6.07, 6.45) is 6.32. The van der Waals surface area contributed by atoms with E-state index in [4.69, 9.17) is 21.1 Å². The molecule has 1 saturated heterocycles. The average molecular weight is 368 g/mol. The highest BCUT2D eigenvalue weighted by atomic mass is 35.5. The van der Waals surface area contributed by atoms with Crippen molar-refractivity contribution in [3.8, 4) is 11.5 Å². The molecule has 1 aliphatic heterocycles. The van der Waals surface area contributed by atoms with Gasteiger partial charge in [-0.25, -0.2) is 0 Å². The van der Waals surface area contributed by atoms with Crippen molar-refractivity contribution >= 4 is 11.6 Å². The van der Waals surface area contributed by atoms with Gasteiger partial charge in [0.05, 0.1) is 19.8 Å². The number of methoxy groups -OCH3 is 1. The number of likely N-dealkylation sites (tertiary alicyclic amines) is 1. The second-order valence-electron chi connectivity index (χ2n) is 7.53. The number of piperidine rings is 1. The van der Waals surface area contributed by atoms with Crippen molar-refractivity contribution in [3.63, 3.8) is 0 Å². The molecule has 4 nitrogen and oxygen atoms in total. The van der Waals surface area contributed by atoms with E-state index in [0.29, 0.717) is 12.4 Å². The molecule has 0 unspecified atom stereocenters. The zero-order valence-corrected chi connectivity index (χ0v) is 16.1. The fraction of sp³-hybridized carbons (Fsp3) is 0.700. The Morgan fingerprint density at radius 2 is 2.08 bits per heavy atom. The lowest BCUT2D eigenvalue weighted by atomic mass is 9.76. The quantitative estimate of drug-likeness (QED) is 0.815. The number of benzene rings is 1. The zero-order chi connectivity index (χ0) is 17.9. The number of rotatable bonds is 6. The third-order valence-electron chi connectivity index (χ3n) is 5.73. The summed E-state index contributed by atoms with van der Waals surface area (Å²) in [5.41, 5.74) is 1.16. The summed E-state index contributed by atoms with van der Waals surface area (Å²) in [5.74, 6) is 1.44. The van der Waals surface area contributed by atoms with E-state index in [1.54, 1.807) is 7.11 Å². The van der Waals surface area contributed by atoms with Crippen LogP contribution >= 0.6 is 11.6 Å². The molecule has 2 fully saturated rings. The van der Waals surface area contributed by atoms with Gasteiger partial charge in [0.25, 0.3) is 0 Å². The van der Waals surface area contributed by atoms with Gasteiger partial charge in [-0.3, -0.25) is 4.90 Å². The predicted molar refractivity (Wildman–Crippen MR) is 101 cm³/mol. The SMILES string of the molecule is CCCOc1cc(Cl)c(CN2CCC[C@]3(CCC[C@H]3O)C2)cc1OC. The molecule has 3 rings (SSSR count). The number of aliphatic hydroxyl groups is 1. The van der Waals surface area contributed by atoms with Crippen LogP contribution in [0.5, 0.6) is 11.5 Å². The van der Waals surface area contributed by atoms with E-state index in [1.165, 1.54) is 0 Å². The van der Waals surface area contributed by atoms with Crippen LogP contribution in [0.15, 0.2) is 12.1 Å². The molecule has 2 aliphatic rings. The summed E-state index contributed by atoms with van der Waals surface area (Å²) in [6, 6.07) is 3.87. The monoisotopic (exact) mass is 367 g/mol. The van der Waals surface area contributed by atoms with E-state index in [-0.39, 0.29) is 11.5 Å². The first kappa shape index (κ1) is 18.8. The van der Waals surface area contributed by atoms with Gasteiger partial charge in [-0.1, -0.05) is 24.9 Å². The van der Waals surface area contributed by atoms with Crippen LogP contribution in [-0.2, 0) is 6.54 Å². The maximum Gasteiger partial charge on any atom is 0.162 e. The normalized spacial score (nSPS) is 27.0. The maximum atomic E-state index is 10.5. The summed E-state index contributed by atoms with van der Waals surface area (Å²) in [4.78, 5) is 2.44. The van der Waals surface area contributed by atoms with E-state index < -0.39 is 0 Å². The second-order valence-corrected chi connectivity index (χ2v) is 7.93. The van der Waals surface area contributed by atoms with Crippen molar-refractivity contribution in [2.24, 2.45) is 5.41 Å². The Morgan fingerprint density at radius 1 is 1.28 bits per heavy atom. The van der Waals surface area contributed by atoms with Gasteiger partial charge in [-0.15, -0.1) is 0 Å². The smallest absolute Gasteiger partial charge is 0.162 e. The first-order valence-electron chi connectivity index (χ1n) is 9.47. The molecule has 0 bridgehead atoms. The van der Waals surface area contributed by atoms with Crippen LogP contribution in [0.2, 0.25) is 5.02 Å². The van der Waals surface area contributed by atoms with Gasteiger partial charge in [-0.2, -0.15) is 0 Å². The lowest BCUT2D eigenvalue weighted by molar-refractivity contribution is -0.0120. The molecular weight excluding hydrogens is 338 g/mol. The minimum absolute atomic E-state index is 0.0962. The second kappa shape index (κ2) is 8.15. The van der Waals surface area contributed by atoms with Crippen molar-refractivity contribution in [1.82, 2.24) is 4.90 Å². The molecule has 25 heavy (non-hydrogen) atoms. The molecule has 1 aromatic rings. The number of halogens is 1. The van der Waals surface area contributed by atoms with Crippen LogP contribution in [-0.4, -0.2) is 42.9 Å². The molecule has 0 radical (unpaired) electrons. The third-order valence-corrected chi connectivity index (χ3v) is 6.09. The van der Waals surface area contributed by atoms with Gasteiger partial charge in [0.2, 0.25) is 0 Å². The van der Waals surface area contributed by atoms with Gasteiger partial charge in [-0.05, 0) is 50.3 Å². The minimum Gasteiger partial charge on any atom is -0.493 e. The fourth-order valence-corrected chi connectivity index (χ4v) is 4.63. The molecule has 2 atom stereocenters. The first-order chi connectivity index (χ1) is 12.1. The number of hydrogen-bond donors (Lipinski definition) is 1. The van der Waals surface area contributed by atoms with Crippen molar-refractivity contribution in [3.05, 3.63) is 22.7 Å². The van der Waals surface area contributed by atoms with Crippen LogP contribution in [0.3, 0.4) is 0 Å². The third kappa shape index (κ3) is 4.07. The summed E-state index contributed by atoms with van der Waals surface area (Å²) in [7, 11) is 1.66. The molecule has 5 heteroatoms. The maximum absolute atomic E-state index is 10.5. The van der Waals surface area contributed by atoms with Crippen molar-refractivity contribution in [2.45, 2.75) is 58.1 Å². The largest absolute Gasteiger partial charge is 0.493 e. The van der Waals surface area contributed by atoms with Crippen LogP contribution in [0.1, 0.15) is 51.0 Å². The zero-order valence-electron chi connectivity index (χ0n) is 15.4. The fourth-order valence-electron chi connectivity index (χ4n) is 4.41. The Labute approximate surface area is 156 Å². The minimum atomic E-state index is -0.148. The van der Waals surface area contributed by atoms with E-state index in [0.717, 1.165) is 74.5 Å². The molecule has 140 valence electrons. The lowest BCUT2D eigenvalue weighted by Gasteiger charge is -2.42. The average Bonchev–Trinajstić information content (AvgIpc) is 2.95. The highest BCUT2D eigenvalue weighted by Crippen LogP contribution is 2.45. The van der Waals surface area contributed by atoms with Crippen molar-refractivity contribution < 1.29 is 14.6 Å². The van der Waals surface area contributed by atoms with Gasteiger partial charge in [0.1, 0.15) is 0 Å². The molecule has 1 aliphatic carbocycles. The topological polar surface area (TPSA) is 41.9 Å². The Kier molecular flexibility index (Phi) is 6.13. The first-order valence-corrected chi connectivity index (χ1v) is 9.85. The molecule has 0 aromatic heterocycles. The Morgan fingerprint density at radius 3 is 2.76 bits per heavy atom. The summed E-state index contributed by atoms with van der Waals surface area (Å²) in [5, 5.41) is 11.2. The van der Waals surface area contributed by atoms with E-state index >= 15 is 0 Å². The van der Waals surface area contributed by atoms with E-state index in [1.807, 2.05) is 12.1 Å². The van der Waals surface area contributed by atoms with Gasteiger partial charge in [0.15, 0.2) is 11.5 Å². The molecule has 1 saturated carbocycles. The summed E-state index contributed by atoms with van der Waals surface area (Å²) >= 11 is 6.52. The predicted octanol–water partition coefficient (Wildman–Crippen LogP) is 4.26. The van der Waals surface area contributed by atoms with Crippen molar-refractivity contribution in [2.75, 3.05) is 26.8 Å². The lowest BCUT2D eigenvalue weighted by Crippen LogP contribution is -2.46. The van der Waals surface area contributed by atoms with Gasteiger partial charge < -0.3 is 14.6 Å². The van der Waals surface area contributed by atoms with Crippen LogP contribution in [0.4, 0.5) is 0 Å². The van der Waals surface area contributed by atoms with Crippen LogP contribution in [0, 0.1) is 5.41 Å². The number of nitrogens with zero attached hydrogens (tertiary/aromatic N) is 1. The molecule has 1 heterocycles. The van der Waals surface area contributed by atoms with Gasteiger partial charge in [0, 0.05) is 29.6 Å². The Hall–Kier alpha value is -0.970. The van der Waals surface area contributed by atoms with Crippen LogP contribution < -0.4 is 9.47 Å². The molecule has 1 aromatic carbocycles. The molecule has 1 spiro atoms. The number of aliphatic hydroxyl groups excluding tert-OH is 1. The van der Waals surface area contributed by atoms with Crippen molar-refractivity contribution in [1.29, 1.82) is 0 Å². The number of ether oxygens (including phenoxy) is 2. The number of hydrogen-bond acceptors (Lipinski definition) is 4. The van der Waals surface area contributed by atoms with Crippen LogP contribution in [0.25, 0.3) is 0 Å². The highest BCUT2D eigenvalue weighted by Gasteiger charge is 2.44. The van der Waals surface area contributed by atoms with E-state index in [2.05, 4.69) is 11.8 Å². The standard InChI is InChI=1S/C20H30ClNO3/c1-3-10-25-18-12-16(21)15(11-17(18)24-2)13-22-9-5-8-20(14-22)7-4-6-19(20)23/h11-12,19,23H,3-10,13-14H2,1-2H3/t19-,20-/m1/s1. The Balaban J connectivity index is 1.73.